The van der Waals surface area contributed by atoms with E-state index in [-0.39, 0.29) is 26.4 Å². The average molecular weight is 365 g/mol. The average Bonchev–Trinajstić information content (AvgIpc) is 2.91. The number of hydroxylamine groups is 2. The second-order valence-corrected chi connectivity index (χ2v) is 4.24. The number of hydrogen-bond donors (Lipinski definition) is 2. The van der Waals surface area contributed by atoms with E-state index < -0.39 is 11.8 Å². The smallest absolute Gasteiger partial charge is 0.285 e. The zero-order valence-corrected chi connectivity index (χ0v) is 14.4. The number of nitrogens with zero attached hydrogens (tertiary/aromatic N) is 1. The molecule has 1 aromatic carbocycles. The van der Waals surface area contributed by atoms with E-state index in [0.29, 0.717) is 11.1 Å². The summed E-state index contributed by atoms with van der Waals surface area (Å²) >= 11 is 0. The molecule has 0 saturated heterocycles. The maximum Gasteiger partial charge on any atom is 0.285 e. The molecule has 0 radical (unpaired) electrons. The lowest BCUT2D eigenvalue weighted by Gasteiger charge is -2.12. The van der Waals surface area contributed by atoms with Crippen LogP contribution in [0.5, 0.6) is 0 Å². The van der Waals surface area contributed by atoms with E-state index in [1.807, 2.05) is 0 Å². The lowest BCUT2D eigenvalue weighted by molar-refractivity contribution is -0.100. The van der Waals surface area contributed by atoms with Crippen LogP contribution < -0.4 is 0 Å². The van der Waals surface area contributed by atoms with Gasteiger partial charge in [0.25, 0.3) is 11.8 Å². The molecule has 0 spiro atoms. The number of hydrogen-bond acceptors (Lipinski definition) is 7. The van der Waals surface area contributed by atoms with Gasteiger partial charge in [-0.2, -0.15) is 0 Å². The first-order chi connectivity index (χ1) is 12.6. The Morgan fingerprint density at radius 1 is 0.885 bits per heavy atom. The van der Waals surface area contributed by atoms with E-state index in [1.165, 1.54) is 18.8 Å². The predicted molar refractivity (Wildman–Crippen MR) is 94.7 cm³/mol. The van der Waals surface area contributed by atoms with Crippen LogP contribution in [0.1, 0.15) is 20.7 Å². The topological polar surface area (TPSA) is 106 Å². The molecule has 2 rings (SSSR count). The number of ether oxygens (including phenoxy) is 2. The number of rotatable bonds is 8. The molecule has 0 atom stereocenters. The van der Waals surface area contributed by atoms with Gasteiger partial charge in [-0.25, -0.2) is 0 Å². The fraction of sp³-hybridized carbons (Fsp3) is 0.222. The molecule has 1 aromatic rings. The molecule has 0 fully saturated rings. The van der Waals surface area contributed by atoms with Gasteiger partial charge in [0, 0.05) is 0 Å². The first kappa shape index (κ1) is 23.1. The summed E-state index contributed by atoms with van der Waals surface area (Å²) in [6.45, 7) is 9.97. The Morgan fingerprint density at radius 3 is 1.73 bits per heavy atom. The van der Waals surface area contributed by atoms with Crippen molar-refractivity contribution in [1.82, 2.24) is 5.06 Å². The van der Waals surface area contributed by atoms with E-state index >= 15 is 0 Å². The third-order valence-electron chi connectivity index (χ3n) is 2.59. The molecule has 142 valence electrons. The standard InChI is InChI=1S/C12H11NO4.C4H6O.C2H6O2/c1-2-16-7-8-17-13-11(14)9-5-3-4-6-10(9)12(13)15;1-3-5-4-2;3-1-2-4/h2-6H,1,7-8H2;3-4H,1-2H2;3-4H,1-2H2. The van der Waals surface area contributed by atoms with Gasteiger partial charge in [-0.15, -0.1) is 5.06 Å². The fourth-order valence-corrected chi connectivity index (χ4v) is 1.61. The first-order valence-electron chi connectivity index (χ1n) is 7.51. The van der Waals surface area contributed by atoms with Gasteiger partial charge in [0.15, 0.2) is 0 Å². The van der Waals surface area contributed by atoms with Crippen LogP contribution in [0, 0.1) is 0 Å². The Hall–Kier alpha value is -2.94. The Balaban J connectivity index is 0.000000582. The van der Waals surface area contributed by atoms with Gasteiger partial charge in [0.05, 0.1) is 43.1 Å². The molecule has 1 aliphatic heterocycles. The predicted octanol–water partition coefficient (Wildman–Crippen LogP) is 1.64. The highest BCUT2D eigenvalue weighted by atomic mass is 16.7. The van der Waals surface area contributed by atoms with Crippen LogP contribution in [0.3, 0.4) is 0 Å². The number of carbonyl (C=O) groups excluding carboxylic acids is 2. The molecule has 26 heavy (non-hydrogen) atoms. The van der Waals surface area contributed by atoms with Crippen molar-refractivity contribution in [3.63, 3.8) is 0 Å². The second kappa shape index (κ2) is 14.4. The molecule has 1 aliphatic rings. The molecule has 1 heterocycles. The fourth-order valence-electron chi connectivity index (χ4n) is 1.61. The number of imide groups is 1. The lowest BCUT2D eigenvalue weighted by Crippen LogP contribution is -2.31. The summed E-state index contributed by atoms with van der Waals surface area (Å²) in [5.41, 5.74) is 0.726. The summed E-state index contributed by atoms with van der Waals surface area (Å²) in [4.78, 5) is 28.7. The van der Waals surface area contributed by atoms with Crippen LogP contribution in [-0.2, 0) is 14.3 Å². The molecule has 2 N–H and O–H groups in total. The van der Waals surface area contributed by atoms with Crippen LogP contribution in [0.2, 0.25) is 0 Å². The number of carbonyl (C=O) groups is 2. The summed E-state index contributed by atoms with van der Waals surface area (Å²) in [5.74, 6) is -0.881. The minimum atomic E-state index is -0.441. The van der Waals surface area contributed by atoms with Gasteiger partial charge in [0.1, 0.15) is 13.2 Å². The normalized spacial score (nSPS) is 11.2. The van der Waals surface area contributed by atoms with Gasteiger partial charge < -0.3 is 19.7 Å². The molecule has 0 saturated carbocycles. The third kappa shape index (κ3) is 7.75. The number of aliphatic hydroxyl groups is 2. The van der Waals surface area contributed by atoms with Crippen molar-refractivity contribution >= 4 is 11.8 Å². The van der Waals surface area contributed by atoms with E-state index in [1.54, 1.807) is 24.3 Å². The lowest BCUT2D eigenvalue weighted by atomic mass is 10.1. The van der Waals surface area contributed by atoms with Crippen molar-refractivity contribution in [2.75, 3.05) is 26.4 Å². The zero-order valence-electron chi connectivity index (χ0n) is 14.4. The highest BCUT2D eigenvalue weighted by molar-refractivity contribution is 6.20. The SMILES string of the molecule is C=COC=C.C=COCCON1C(=O)c2ccccc2C1=O.OCCO. The van der Waals surface area contributed by atoms with Gasteiger partial charge in [-0.05, 0) is 12.1 Å². The van der Waals surface area contributed by atoms with Crippen molar-refractivity contribution in [1.29, 1.82) is 0 Å². The number of aliphatic hydroxyl groups excluding tert-OH is 2. The van der Waals surface area contributed by atoms with Crippen molar-refractivity contribution in [3.8, 4) is 0 Å². The van der Waals surface area contributed by atoms with Crippen molar-refractivity contribution in [2.24, 2.45) is 0 Å². The number of amides is 2. The Kier molecular flexibility index (Phi) is 12.8. The van der Waals surface area contributed by atoms with Crippen LogP contribution in [0.15, 0.2) is 62.8 Å². The quantitative estimate of drug-likeness (QED) is 0.410. The highest BCUT2D eigenvalue weighted by Crippen LogP contribution is 2.22. The molecular formula is C18H23NO7. The van der Waals surface area contributed by atoms with E-state index in [9.17, 15) is 9.59 Å². The number of benzene rings is 1. The monoisotopic (exact) mass is 365 g/mol. The van der Waals surface area contributed by atoms with Crippen LogP contribution >= 0.6 is 0 Å². The van der Waals surface area contributed by atoms with E-state index in [2.05, 4.69) is 24.5 Å². The maximum absolute atomic E-state index is 11.8. The Bertz CT molecular complexity index is 558. The molecule has 0 bridgehead atoms. The molecule has 0 aliphatic carbocycles. The largest absolute Gasteiger partial charge is 0.499 e. The Labute approximate surface area is 152 Å². The van der Waals surface area contributed by atoms with Crippen LogP contribution in [-0.4, -0.2) is 53.5 Å². The third-order valence-corrected chi connectivity index (χ3v) is 2.59. The van der Waals surface area contributed by atoms with Gasteiger partial charge in [-0.3, -0.25) is 14.4 Å². The van der Waals surface area contributed by atoms with Crippen molar-refractivity contribution in [2.45, 2.75) is 0 Å². The molecular weight excluding hydrogens is 342 g/mol. The minimum Gasteiger partial charge on any atom is -0.499 e. The molecule has 8 nitrogen and oxygen atoms in total. The van der Waals surface area contributed by atoms with Gasteiger partial charge in [-0.1, -0.05) is 31.9 Å². The molecule has 0 aromatic heterocycles. The van der Waals surface area contributed by atoms with Crippen LogP contribution in [0.25, 0.3) is 0 Å². The first-order valence-corrected chi connectivity index (χ1v) is 7.51. The summed E-state index contributed by atoms with van der Waals surface area (Å²) in [6.07, 6.45) is 3.89. The maximum atomic E-state index is 11.8. The second-order valence-electron chi connectivity index (χ2n) is 4.24. The zero-order chi connectivity index (χ0) is 19.8. The molecule has 8 heteroatoms. The highest BCUT2D eigenvalue weighted by Gasteiger charge is 2.36. The summed E-state index contributed by atoms with van der Waals surface area (Å²) < 4.78 is 9.19. The summed E-state index contributed by atoms with van der Waals surface area (Å²) in [5, 5.41) is 16.0. The summed E-state index contributed by atoms with van der Waals surface area (Å²) in [7, 11) is 0. The van der Waals surface area contributed by atoms with E-state index in [0.717, 1.165) is 5.06 Å². The number of fused-ring (bicyclic) bond motifs is 1. The summed E-state index contributed by atoms with van der Waals surface area (Å²) in [6, 6.07) is 6.60. The van der Waals surface area contributed by atoms with Gasteiger partial charge in [0.2, 0.25) is 0 Å². The minimum absolute atomic E-state index is 0.109. The Morgan fingerprint density at radius 2 is 1.38 bits per heavy atom. The molecule has 0 unspecified atom stereocenters. The van der Waals surface area contributed by atoms with Crippen LogP contribution in [0.4, 0.5) is 0 Å². The van der Waals surface area contributed by atoms with Gasteiger partial charge >= 0.3 is 0 Å². The molecule has 2 amide bonds. The van der Waals surface area contributed by atoms with Crippen molar-refractivity contribution < 1.29 is 34.1 Å². The van der Waals surface area contributed by atoms with E-state index in [4.69, 9.17) is 19.8 Å². The van der Waals surface area contributed by atoms with Crippen molar-refractivity contribution in [3.05, 3.63) is 73.9 Å².